The maximum Gasteiger partial charge on any atom is 0.260 e. The lowest BCUT2D eigenvalue weighted by molar-refractivity contribution is 0.277. The van der Waals surface area contributed by atoms with Gasteiger partial charge in [-0.05, 0) is 26.2 Å². The van der Waals surface area contributed by atoms with Gasteiger partial charge in [0.15, 0.2) is 5.03 Å². The Bertz CT molecular complexity index is 520. The molecule has 1 aromatic rings. The molecular weight excluding hydrogens is 254 g/mol. The summed E-state index contributed by atoms with van der Waals surface area (Å²) in [6.45, 7) is 3.20. The number of hydrogen-bond donors (Lipinski definition) is 3. The lowest BCUT2D eigenvalue weighted by atomic mass is 10.2. The van der Waals surface area contributed by atoms with Gasteiger partial charge in [0, 0.05) is 17.3 Å². The highest BCUT2D eigenvalue weighted by molar-refractivity contribution is 7.89. The third-order valence-corrected chi connectivity index (χ3v) is 4.75. The average Bonchev–Trinajstić information content (AvgIpc) is 2.97. The molecule has 1 fully saturated rings. The van der Waals surface area contributed by atoms with E-state index >= 15 is 0 Å². The van der Waals surface area contributed by atoms with Crippen LogP contribution in [0.15, 0.2) is 5.03 Å². The lowest BCUT2D eigenvalue weighted by Gasteiger charge is -2.13. The highest BCUT2D eigenvalue weighted by atomic mass is 32.2. The number of aliphatic hydroxyl groups excluding tert-OH is 1. The summed E-state index contributed by atoms with van der Waals surface area (Å²) in [5.74, 6) is 0.654. The van der Waals surface area contributed by atoms with Crippen molar-refractivity contribution in [3.05, 3.63) is 11.3 Å². The number of aryl methyl sites for hydroxylation is 1. The molecule has 18 heavy (non-hydrogen) atoms. The first-order chi connectivity index (χ1) is 8.44. The molecule has 1 atom stereocenters. The summed E-state index contributed by atoms with van der Waals surface area (Å²) in [6.07, 6.45) is 3.24. The summed E-state index contributed by atoms with van der Waals surface area (Å²) in [7, 11) is -3.65. The van der Waals surface area contributed by atoms with Crippen LogP contribution in [0, 0.1) is 12.8 Å². The van der Waals surface area contributed by atoms with Gasteiger partial charge in [-0.25, -0.2) is 13.1 Å². The molecule has 6 nitrogen and oxygen atoms in total. The van der Waals surface area contributed by atoms with Crippen molar-refractivity contribution in [2.24, 2.45) is 5.92 Å². The number of nitrogens with one attached hydrogen (secondary N) is 2. The minimum Gasteiger partial charge on any atom is -0.392 e. The standard InChI is InChI=1S/C11H19N3O3S/c1-7(5-9-3-4-9)14-18(16,17)11-10(6-15)8(2)12-13-11/h7,9,14-15H,3-6H2,1-2H3,(H,12,13). The maximum absolute atomic E-state index is 12.1. The van der Waals surface area contributed by atoms with Gasteiger partial charge in [0.1, 0.15) is 0 Å². The summed E-state index contributed by atoms with van der Waals surface area (Å²) >= 11 is 0. The maximum atomic E-state index is 12.1. The quantitative estimate of drug-likeness (QED) is 0.710. The molecule has 2 rings (SSSR count). The van der Waals surface area contributed by atoms with Crippen LogP contribution < -0.4 is 4.72 Å². The van der Waals surface area contributed by atoms with Gasteiger partial charge < -0.3 is 5.11 Å². The van der Waals surface area contributed by atoms with Crippen molar-refractivity contribution < 1.29 is 13.5 Å². The molecule has 0 saturated heterocycles. The van der Waals surface area contributed by atoms with Gasteiger partial charge in [0.05, 0.1) is 6.61 Å². The molecule has 102 valence electrons. The molecule has 0 radical (unpaired) electrons. The predicted molar refractivity (Wildman–Crippen MR) is 66.4 cm³/mol. The fourth-order valence-corrected chi connectivity index (χ4v) is 3.51. The normalized spacial score (nSPS) is 17.9. The monoisotopic (exact) mass is 273 g/mol. The Kier molecular flexibility index (Phi) is 3.74. The van der Waals surface area contributed by atoms with Crippen LogP contribution in [0.4, 0.5) is 0 Å². The Morgan fingerprint density at radius 3 is 2.78 bits per heavy atom. The molecular formula is C11H19N3O3S. The molecule has 1 aromatic heterocycles. The van der Waals surface area contributed by atoms with Crippen LogP contribution in [0.1, 0.15) is 37.4 Å². The number of H-pyrrole nitrogens is 1. The van der Waals surface area contributed by atoms with Crippen LogP contribution in [0.3, 0.4) is 0 Å². The van der Waals surface area contributed by atoms with Crippen LogP contribution in [-0.2, 0) is 16.6 Å². The van der Waals surface area contributed by atoms with Crippen molar-refractivity contribution in [1.82, 2.24) is 14.9 Å². The Balaban J connectivity index is 2.13. The van der Waals surface area contributed by atoms with Gasteiger partial charge in [-0.15, -0.1) is 0 Å². The first-order valence-electron chi connectivity index (χ1n) is 6.11. The van der Waals surface area contributed by atoms with E-state index in [4.69, 9.17) is 0 Å². The van der Waals surface area contributed by atoms with E-state index < -0.39 is 10.0 Å². The fraction of sp³-hybridized carbons (Fsp3) is 0.727. The number of aromatic nitrogens is 2. The molecule has 7 heteroatoms. The number of aromatic amines is 1. The van der Waals surface area contributed by atoms with Gasteiger partial charge in [-0.2, -0.15) is 5.10 Å². The molecule has 1 aliphatic carbocycles. The number of rotatable bonds is 6. The van der Waals surface area contributed by atoms with Crippen molar-refractivity contribution in [3.8, 4) is 0 Å². The van der Waals surface area contributed by atoms with E-state index in [2.05, 4.69) is 14.9 Å². The van der Waals surface area contributed by atoms with Gasteiger partial charge in [-0.1, -0.05) is 12.8 Å². The third-order valence-electron chi connectivity index (χ3n) is 3.19. The molecule has 0 aliphatic heterocycles. The number of sulfonamides is 1. The first-order valence-corrected chi connectivity index (χ1v) is 7.59. The molecule has 1 heterocycles. The van der Waals surface area contributed by atoms with Crippen molar-refractivity contribution in [2.75, 3.05) is 0 Å². The first kappa shape index (κ1) is 13.5. The average molecular weight is 273 g/mol. The topological polar surface area (TPSA) is 95.1 Å². The number of aliphatic hydroxyl groups is 1. The zero-order chi connectivity index (χ0) is 13.3. The third kappa shape index (κ3) is 2.90. The molecule has 0 amide bonds. The van der Waals surface area contributed by atoms with E-state index in [0.29, 0.717) is 17.2 Å². The van der Waals surface area contributed by atoms with Crippen LogP contribution in [0.25, 0.3) is 0 Å². The molecule has 3 N–H and O–H groups in total. The largest absolute Gasteiger partial charge is 0.392 e. The Labute approximate surface area is 107 Å². The van der Waals surface area contributed by atoms with E-state index in [1.165, 1.54) is 12.8 Å². The van der Waals surface area contributed by atoms with Crippen molar-refractivity contribution in [1.29, 1.82) is 0 Å². The lowest BCUT2D eigenvalue weighted by Crippen LogP contribution is -2.33. The van der Waals surface area contributed by atoms with E-state index in [-0.39, 0.29) is 17.7 Å². The zero-order valence-electron chi connectivity index (χ0n) is 10.6. The molecule has 1 aliphatic rings. The van der Waals surface area contributed by atoms with Crippen molar-refractivity contribution in [2.45, 2.75) is 50.8 Å². The number of nitrogens with zero attached hydrogens (tertiary/aromatic N) is 1. The van der Waals surface area contributed by atoms with Crippen LogP contribution >= 0.6 is 0 Å². The minimum absolute atomic E-state index is 0.0925. The second-order valence-corrected chi connectivity index (χ2v) is 6.62. The summed E-state index contributed by atoms with van der Waals surface area (Å²) in [4.78, 5) is 0. The molecule has 0 aromatic carbocycles. The summed E-state index contributed by atoms with van der Waals surface area (Å²) in [5.41, 5.74) is 0.911. The van der Waals surface area contributed by atoms with Gasteiger partial charge in [0.25, 0.3) is 10.0 Å². The Morgan fingerprint density at radius 1 is 1.56 bits per heavy atom. The van der Waals surface area contributed by atoms with Crippen LogP contribution in [-0.4, -0.2) is 29.8 Å². The van der Waals surface area contributed by atoms with Crippen LogP contribution in [0.2, 0.25) is 0 Å². The summed E-state index contributed by atoms with van der Waals surface area (Å²) in [6, 6.07) is -0.106. The van der Waals surface area contributed by atoms with Crippen molar-refractivity contribution >= 4 is 10.0 Å². The molecule has 0 bridgehead atoms. The highest BCUT2D eigenvalue weighted by Crippen LogP contribution is 2.33. The summed E-state index contributed by atoms with van der Waals surface area (Å²) < 4.78 is 26.9. The molecule has 0 spiro atoms. The summed E-state index contributed by atoms with van der Waals surface area (Å²) in [5, 5.41) is 15.5. The SMILES string of the molecule is Cc1[nH]nc(S(=O)(=O)NC(C)CC2CC2)c1CO. The highest BCUT2D eigenvalue weighted by Gasteiger charge is 2.28. The molecule has 1 saturated carbocycles. The van der Waals surface area contributed by atoms with Crippen molar-refractivity contribution in [3.63, 3.8) is 0 Å². The van der Waals surface area contributed by atoms with E-state index in [1.807, 2.05) is 6.92 Å². The molecule has 1 unspecified atom stereocenters. The minimum atomic E-state index is -3.65. The van der Waals surface area contributed by atoms with Crippen LogP contribution in [0.5, 0.6) is 0 Å². The fourth-order valence-electron chi connectivity index (χ4n) is 2.06. The Morgan fingerprint density at radius 2 is 2.22 bits per heavy atom. The van der Waals surface area contributed by atoms with Gasteiger partial charge in [0.2, 0.25) is 0 Å². The van der Waals surface area contributed by atoms with E-state index in [0.717, 1.165) is 6.42 Å². The second-order valence-electron chi connectivity index (χ2n) is 4.99. The Hall–Kier alpha value is -0.920. The number of hydrogen-bond acceptors (Lipinski definition) is 4. The van der Waals surface area contributed by atoms with E-state index in [1.54, 1.807) is 6.92 Å². The second kappa shape index (κ2) is 4.99. The zero-order valence-corrected chi connectivity index (χ0v) is 11.4. The predicted octanol–water partition coefficient (Wildman–Crippen LogP) is 0.677. The smallest absolute Gasteiger partial charge is 0.260 e. The van der Waals surface area contributed by atoms with Gasteiger partial charge in [-0.3, -0.25) is 5.10 Å². The van der Waals surface area contributed by atoms with E-state index in [9.17, 15) is 13.5 Å². The van der Waals surface area contributed by atoms with Gasteiger partial charge >= 0.3 is 0 Å².